The van der Waals surface area contributed by atoms with Gasteiger partial charge in [-0.05, 0) is 45.6 Å². The summed E-state index contributed by atoms with van der Waals surface area (Å²) >= 11 is 0. The Labute approximate surface area is 87.0 Å². The van der Waals surface area contributed by atoms with Crippen LogP contribution in [-0.2, 0) is 9.84 Å². The second kappa shape index (κ2) is 4.19. The molecule has 0 aromatic heterocycles. The molecule has 0 amide bonds. The molecule has 0 aliphatic carbocycles. The number of rotatable bonds is 4. The molecule has 1 fully saturated rings. The van der Waals surface area contributed by atoms with Gasteiger partial charge in [-0.15, -0.1) is 0 Å². The predicted octanol–water partition coefficient (Wildman–Crippen LogP) is 1.33. The Morgan fingerprint density at radius 3 is 2.43 bits per heavy atom. The van der Waals surface area contributed by atoms with E-state index < -0.39 is 14.6 Å². The Hall–Kier alpha value is -0.0900. The molecule has 1 heterocycles. The molecule has 14 heavy (non-hydrogen) atoms. The summed E-state index contributed by atoms with van der Waals surface area (Å²) in [7, 11) is -2.84. The number of hydrogen-bond donors (Lipinski definition) is 1. The summed E-state index contributed by atoms with van der Waals surface area (Å²) in [5.41, 5.74) is 5.42. The quantitative estimate of drug-likeness (QED) is 0.726. The highest BCUT2D eigenvalue weighted by molar-refractivity contribution is 7.93. The minimum absolute atomic E-state index is 0.332. The molecule has 1 atom stereocenters. The molecular formula is C10H21NO2S. The van der Waals surface area contributed by atoms with Gasteiger partial charge in [-0.3, -0.25) is 0 Å². The third-order valence-corrected chi connectivity index (χ3v) is 6.24. The number of nitrogens with two attached hydrogens (primary N) is 1. The van der Waals surface area contributed by atoms with Crippen LogP contribution in [0.15, 0.2) is 0 Å². The summed E-state index contributed by atoms with van der Waals surface area (Å²) in [5.74, 6) is 0.701. The number of unbranched alkanes of at least 4 members (excludes halogenated alkanes) is 1. The first-order chi connectivity index (χ1) is 6.42. The summed E-state index contributed by atoms with van der Waals surface area (Å²) in [6, 6.07) is 0. The average molecular weight is 219 g/mol. The Balaban J connectivity index is 2.57. The highest BCUT2D eigenvalue weighted by Gasteiger charge is 2.46. The fraction of sp³-hybridized carbons (Fsp3) is 1.00. The summed E-state index contributed by atoms with van der Waals surface area (Å²) < 4.78 is 22.9. The molecule has 0 saturated carbocycles. The number of sulfone groups is 1. The van der Waals surface area contributed by atoms with Gasteiger partial charge < -0.3 is 5.73 Å². The van der Waals surface area contributed by atoms with Gasteiger partial charge in [0.15, 0.2) is 9.84 Å². The van der Waals surface area contributed by atoms with Gasteiger partial charge in [0, 0.05) is 0 Å². The maximum absolute atomic E-state index is 11.7. The van der Waals surface area contributed by atoms with Crippen molar-refractivity contribution in [2.24, 2.45) is 11.7 Å². The van der Waals surface area contributed by atoms with Gasteiger partial charge in [-0.25, -0.2) is 8.42 Å². The van der Waals surface area contributed by atoms with Crippen LogP contribution in [0.1, 0.15) is 39.5 Å². The standard InChI is InChI=1S/C10H21NO2S/c1-10(2)9(5-3-4-7-11)6-8-14(10,12)13/h9H,3-8,11H2,1-2H3. The van der Waals surface area contributed by atoms with Gasteiger partial charge in [0.25, 0.3) is 0 Å². The fourth-order valence-electron chi connectivity index (χ4n) is 2.19. The van der Waals surface area contributed by atoms with Crippen LogP contribution >= 0.6 is 0 Å². The van der Waals surface area contributed by atoms with Crippen LogP contribution < -0.4 is 5.73 Å². The first kappa shape index (κ1) is 12.0. The van der Waals surface area contributed by atoms with E-state index in [0.717, 1.165) is 25.7 Å². The fourth-order valence-corrected chi connectivity index (χ4v) is 4.05. The van der Waals surface area contributed by atoms with Gasteiger partial charge in [0.1, 0.15) is 0 Å². The molecular weight excluding hydrogens is 198 g/mol. The maximum atomic E-state index is 11.7. The van der Waals surface area contributed by atoms with Gasteiger partial charge in [0.2, 0.25) is 0 Å². The lowest BCUT2D eigenvalue weighted by atomic mass is 9.88. The molecule has 0 aromatic rings. The second-order valence-electron chi connectivity index (χ2n) is 4.69. The van der Waals surface area contributed by atoms with E-state index in [-0.39, 0.29) is 0 Å². The van der Waals surface area contributed by atoms with Gasteiger partial charge in [-0.1, -0.05) is 6.42 Å². The van der Waals surface area contributed by atoms with Crippen LogP contribution in [0, 0.1) is 5.92 Å². The maximum Gasteiger partial charge on any atom is 0.155 e. The van der Waals surface area contributed by atoms with Crippen molar-refractivity contribution in [3.63, 3.8) is 0 Å². The van der Waals surface area contributed by atoms with E-state index in [1.165, 1.54) is 0 Å². The molecule has 4 heteroatoms. The zero-order valence-corrected chi connectivity index (χ0v) is 9.94. The Morgan fingerprint density at radius 1 is 1.36 bits per heavy atom. The Morgan fingerprint density at radius 2 is 2.00 bits per heavy atom. The van der Waals surface area contributed by atoms with Crippen molar-refractivity contribution in [1.82, 2.24) is 0 Å². The topological polar surface area (TPSA) is 60.2 Å². The highest BCUT2D eigenvalue weighted by atomic mass is 32.2. The van der Waals surface area contributed by atoms with E-state index in [2.05, 4.69) is 0 Å². The van der Waals surface area contributed by atoms with Gasteiger partial charge in [0.05, 0.1) is 10.5 Å². The third kappa shape index (κ3) is 2.11. The molecule has 3 nitrogen and oxygen atoms in total. The van der Waals surface area contributed by atoms with E-state index in [1.54, 1.807) is 0 Å². The van der Waals surface area contributed by atoms with Crippen molar-refractivity contribution >= 4 is 9.84 Å². The zero-order chi connectivity index (χ0) is 10.8. The normalized spacial score (nSPS) is 29.2. The van der Waals surface area contributed by atoms with Crippen LogP contribution in [0.5, 0.6) is 0 Å². The summed E-state index contributed by atoms with van der Waals surface area (Å²) in [4.78, 5) is 0. The van der Waals surface area contributed by atoms with Crippen molar-refractivity contribution in [3.8, 4) is 0 Å². The predicted molar refractivity (Wildman–Crippen MR) is 58.9 cm³/mol. The molecule has 0 aromatic carbocycles. The van der Waals surface area contributed by atoms with E-state index >= 15 is 0 Å². The van der Waals surface area contributed by atoms with E-state index in [4.69, 9.17) is 5.73 Å². The largest absolute Gasteiger partial charge is 0.330 e. The lowest BCUT2D eigenvalue weighted by Crippen LogP contribution is -2.33. The minimum Gasteiger partial charge on any atom is -0.330 e. The molecule has 0 spiro atoms. The van der Waals surface area contributed by atoms with Crippen molar-refractivity contribution in [1.29, 1.82) is 0 Å². The summed E-state index contributed by atoms with van der Waals surface area (Å²) in [6.45, 7) is 4.44. The first-order valence-corrected chi connectivity index (χ1v) is 6.99. The SMILES string of the molecule is CC1(C)C(CCCCN)CCS1(=O)=O. The lowest BCUT2D eigenvalue weighted by molar-refractivity contribution is 0.381. The van der Waals surface area contributed by atoms with Crippen LogP contribution in [-0.4, -0.2) is 25.5 Å². The molecule has 1 unspecified atom stereocenters. The minimum atomic E-state index is -2.84. The van der Waals surface area contributed by atoms with Crippen molar-refractivity contribution in [2.45, 2.75) is 44.3 Å². The van der Waals surface area contributed by atoms with Crippen LogP contribution in [0.3, 0.4) is 0 Å². The summed E-state index contributed by atoms with van der Waals surface area (Å²) in [6.07, 6.45) is 3.90. The molecule has 0 radical (unpaired) electrons. The van der Waals surface area contributed by atoms with Crippen molar-refractivity contribution in [2.75, 3.05) is 12.3 Å². The van der Waals surface area contributed by atoms with Crippen molar-refractivity contribution in [3.05, 3.63) is 0 Å². The average Bonchev–Trinajstić information content (AvgIpc) is 2.27. The zero-order valence-electron chi connectivity index (χ0n) is 9.12. The molecule has 1 aliphatic heterocycles. The van der Waals surface area contributed by atoms with E-state index in [9.17, 15) is 8.42 Å². The number of hydrogen-bond acceptors (Lipinski definition) is 3. The second-order valence-corrected chi connectivity index (χ2v) is 7.38. The van der Waals surface area contributed by atoms with E-state index in [1.807, 2.05) is 13.8 Å². The lowest BCUT2D eigenvalue weighted by Gasteiger charge is -2.25. The van der Waals surface area contributed by atoms with Crippen LogP contribution in [0.4, 0.5) is 0 Å². The first-order valence-electron chi connectivity index (χ1n) is 5.34. The molecule has 2 N–H and O–H groups in total. The van der Waals surface area contributed by atoms with E-state index in [0.29, 0.717) is 18.2 Å². The molecule has 1 rings (SSSR count). The Bertz CT molecular complexity index is 282. The highest BCUT2D eigenvalue weighted by Crippen LogP contribution is 2.39. The van der Waals surface area contributed by atoms with Crippen molar-refractivity contribution < 1.29 is 8.42 Å². The molecule has 1 saturated heterocycles. The van der Waals surface area contributed by atoms with Gasteiger partial charge in [-0.2, -0.15) is 0 Å². The van der Waals surface area contributed by atoms with Gasteiger partial charge >= 0.3 is 0 Å². The van der Waals surface area contributed by atoms with Crippen LogP contribution in [0.2, 0.25) is 0 Å². The summed E-state index contributed by atoms with van der Waals surface area (Å²) in [5, 5.41) is 0. The molecule has 0 bridgehead atoms. The van der Waals surface area contributed by atoms with Crippen LogP contribution in [0.25, 0.3) is 0 Å². The Kier molecular flexibility index (Phi) is 3.58. The monoisotopic (exact) mass is 219 g/mol. The molecule has 84 valence electrons. The smallest absolute Gasteiger partial charge is 0.155 e. The molecule has 1 aliphatic rings. The third-order valence-electron chi connectivity index (χ3n) is 3.53.